The molecule has 5 heteroatoms. The summed E-state index contributed by atoms with van der Waals surface area (Å²) < 4.78 is 41.1. The highest BCUT2D eigenvalue weighted by Gasteiger charge is 2.47. The molecule has 0 unspecified atom stereocenters. The van der Waals surface area contributed by atoms with Gasteiger partial charge in [0.15, 0.2) is 0 Å². The molecule has 36 heavy (non-hydrogen) atoms. The third-order valence-electron chi connectivity index (χ3n) is 7.26. The smallest absolute Gasteiger partial charge is 0.255 e. The molecule has 0 fully saturated rings. The Labute approximate surface area is 207 Å². The van der Waals surface area contributed by atoms with Crippen LogP contribution >= 0.6 is 0 Å². The monoisotopic (exact) mass is 482 g/mol. The lowest BCUT2D eigenvalue weighted by Gasteiger charge is -2.27. The fraction of sp³-hybridized carbons (Fsp3) is 0.226. The molecule has 6 rings (SSSR count). The predicted octanol–water partition coefficient (Wildman–Crippen LogP) is 8.94. The van der Waals surface area contributed by atoms with E-state index in [2.05, 4.69) is 55.2 Å². The molecule has 0 saturated carbocycles. The summed E-state index contributed by atoms with van der Waals surface area (Å²) in [6.45, 7) is 6.63. The summed E-state index contributed by atoms with van der Waals surface area (Å²) in [7, 11) is 0. The molecule has 2 aromatic heterocycles. The number of nitrogens with zero attached hydrogens (tertiary/aromatic N) is 2. The molecule has 0 aliphatic heterocycles. The Morgan fingerprint density at radius 3 is 2.06 bits per heavy atom. The molecule has 4 aromatic carbocycles. The molecule has 0 aliphatic carbocycles. The van der Waals surface area contributed by atoms with E-state index in [1.165, 1.54) is 25.0 Å². The number of aryl methyl sites for hydroxylation is 2. The number of hydrogen-bond acceptors (Lipinski definition) is 2. The molecule has 2 nitrogen and oxygen atoms in total. The maximum atomic E-state index is 13.7. The fourth-order valence-electron chi connectivity index (χ4n) is 5.50. The van der Waals surface area contributed by atoms with Crippen molar-refractivity contribution < 1.29 is 13.2 Å². The highest BCUT2D eigenvalue weighted by Crippen LogP contribution is 2.44. The van der Waals surface area contributed by atoms with Crippen LogP contribution in [0.1, 0.15) is 30.7 Å². The van der Waals surface area contributed by atoms with Crippen molar-refractivity contribution in [2.24, 2.45) is 5.41 Å². The van der Waals surface area contributed by atoms with Crippen molar-refractivity contribution in [3.8, 4) is 11.3 Å². The fourth-order valence-corrected chi connectivity index (χ4v) is 5.50. The standard InChI is InChI=1S/C31H25F3N2/c1-17-11-18(2)13-19(12-17)29-23-9-5-7-21-24-14-20(15-30(3,4)31(32,33)34)36-26-10-6-8-22(28(24)26)25(16-35-29)27(21)23/h5-14,16H,15H2,1-4H3. The molecule has 0 amide bonds. The lowest BCUT2D eigenvalue weighted by Crippen LogP contribution is -2.34. The average molecular weight is 483 g/mol. The number of halogens is 3. The Morgan fingerprint density at radius 2 is 1.36 bits per heavy atom. The molecule has 0 saturated heterocycles. The summed E-state index contributed by atoms with van der Waals surface area (Å²) in [5, 5.41) is 7.05. The van der Waals surface area contributed by atoms with E-state index < -0.39 is 11.6 Å². The Bertz CT molecular complexity index is 1780. The topological polar surface area (TPSA) is 25.8 Å². The second-order valence-corrected chi connectivity index (χ2v) is 10.5. The van der Waals surface area contributed by atoms with Crippen molar-refractivity contribution in [3.63, 3.8) is 0 Å². The molecule has 2 heterocycles. The predicted molar refractivity (Wildman–Crippen MR) is 142 cm³/mol. The molecule has 0 N–H and O–H groups in total. The summed E-state index contributed by atoms with van der Waals surface area (Å²) >= 11 is 0. The maximum absolute atomic E-state index is 13.7. The van der Waals surface area contributed by atoms with Crippen LogP contribution in [0.3, 0.4) is 0 Å². The van der Waals surface area contributed by atoms with Crippen molar-refractivity contribution in [3.05, 3.63) is 83.7 Å². The minimum absolute atomic E-state index is 0.184. The van der Waals surface area contributed by atoms with E-state index in [1.54, 1.807) is 0 Å². The lowest BCUT2D eigenvalue weighted by molar-refractivity contribution is -0.211. The van der Waals surface area contributed by atoms with Crippen molar-refractivity contribution in [2.45, 2.75) is 40.3 Å². The number of pyridine rings is 2. The summed E-state index contributed by atoms with van der Waals surface area (Å²) in [5.41, 5.74) is 3.58. The summed E-state index contributed by atoms with van der Waals surface area (Å²) in [5.74, 6) is 0. The van der Waals surface area contributed by atoms with E-state index in [-0.39, 0.29) is 6.42 Å². The Balaban J connectivity index is 1.70. The second-order valence-electron chi connectivity index (χ2n) is 10.5. The molecule has 0 aliphatic rings. The molecule has 0 radical (unpaired) electrons. The molecule has 6 aromatic rings. The molecule has 0 spiro atoms. The molecule has 0 bridgehead atoms. The largest absolute Gasteiger partial charge is 0.394 e. The second kappa shape index (κ2) is 7.63. The van der Waals surface area contributed by atoms with Crippen LogP contribution in [0, 0.1) is 19.3 Å². The summed E-state index contributed by atoms with van der Waals surface area (Å²) in [4.78, 5) is 9.59. The van der Waals surface area contributed by atoms with Gasteiger partial charge in [0.25, 0.3) is 0 Å². The van der Waals surface area contributed by atoms with E-state index in [9.17, 15) is 13.2 Å². The number of benzene rings is 4. The molecule has 0 atom stereocenters. The van der Waals surface area contributed by atoms with Crippen molar-refractivity contribution in [1.82, 2.24) is 9.97 Å². The normalized spacial score (nSPS) is 13.0. The Morgan fingerprint density at radius 1 is 0.722 bits per heavy atom. The minimum Gasteiger partial charge on any atom is -0.255 e. The quantitative estimate of drug-likeness (QED) is 0.186. The van der Waals surface area contributed by atoms with Gasteiger partial charge in [-0.15, -0.1) is 0 Å². The van der Waals surface area contributed by atoms with Crippen LogP contribution in [0.15, 0.2) is 66.9 Å². The van der Waals surface area contributed by atoms with Gasteiger partial charge in [-0.2, -0.15) is 13.2 Å². The van der Waals surface area contributed by atoms with Gasteiger partial charge in [-0.1, -0.05) is 61.4 Å². The molecular weight excluding hydrogens is 457 g/mol. The van der Waals surface area contributed by atoms with E-state index in [0.717, 1.165) is 49.0 Å². The SMILES string of the molecule is Cc1cc(C)cc(-c2ncc3c4cccc5nc(CC(C)(C)C(F)(F)F)cc(c6cccc2c63)c54)c1. The average Bonchev–Trinajstić information content (AvgIpc) is 2.80. The van der Waals surface area contributed by atoms with Gasteiger partial charge in [0.05, 0.1) is 16.6 Å². The zero-order valence-corrected chi connectivity index (χ0v) is 20.6. The highest BCUT2D eigenvalue weighted by molar-refractivity contribution is 6.33. The first-order chi connectivity index (χ1) is 17.0. The zero-order chi connectivity index (χ0) is 25.4. The first kappa shape index (κ1) is 22.7. The first-order valence-electron chi connectivity index (χ1n) is 12.0. The van der Waals surface area contributed by atoms with E-state index in [0.29, 0.717) is 11.2 Å². The summed E-state index contributed by atoms with van der Waals surface area (Å²) in [6, 6.07) is 20.3. The Hall–Kier alpha value is -3.73. The van der Waals surface area contributed by atoms with Gasteiger partial charge in [0, 0.05) is 45.4 Å². The van der Waals surface area contributed by atoms with E-state index in [1.807, 2.05) is 30.5 Å². The van der Waals surface area contributed by atoms with Crippen molar-refractivity contribution in [2.75, 3.05) is 0 Å². The van der Waals surface area contributed by atoms with E-state index >= 15 is 0 Å². The third kappa shape index (κ3) is 3.41. The summed E-state index contributed by atoms with van der Waals surface area (Å²) in [6.07, 6.45) is -2.57. The zero-order valence-electron chi connectivity index (χ0n) is 20.6. The van der Waals surface area contributed by atoms with Crippen LogP contribution in [0.4, 0.5) is 13.2 Å². The van der Waals surface area contributed by atoms with Crippen LogP contribution in [-0.2, 0) is 6.42 Å². The number of aromatic nitrogens is 2. The van der Waals surface area contributed by atoms with Crippen LogP contribution in [-0.4, -0.2) is 16.1 Å². The van der Waals surface area contributed by atoms with E-state index in [4.69, 9.17) is 4.98 Å². The highest BCUT2D eigenvalue weighted by atomic mass is 19.4. The Kier molecular flexibility index (Phi) is 4.82. The van der Waals surface area contributed by atoms with Gasteiger partial charge >= 0.3 is 6.18 Å². The third-order valence-corrected chi connectivity index (χ3v) is 7.26. The van der Waals surface area contributed by atoms with Gasteiger partial charge < -0.3 is 0 Å². The number of hydrogen-bond donors (Lipinski definition) is 0. The van der Waals surface area contributed by atoms with Crippen molar-refractivity contribution >= 4 is 43.2 Å². The number of rotatable bonds is 3. The van der Waals surface area contributed by atoms with Crippen LogP contribution in [0.2, 0.25) is 0 Å². The van der Waals surface area contributed by atoms with Gasteiger partial charge in [0.1, 0.15) is 0 Å². The van der Waals surface area contributed by atoms with Crippen LogP contribution in [0.25, 0.3) is 54.5 Å². The lowest BCUT2D eigenvalue weighted by atomic mass is 9.85. The molecule has 180 valence electrons. The van der Waals surface area contributed by atoms with Gasteiger partial charge in [0.2, 0.25) is 0 Å². The number of fused-ring (bicyclic) bond motifs is 2. The van der Waals surface area contributed by atoms with Crippen LogP contribution in [0.5, 0.6) is 0 Å². The first-order valence-corrected chi connectivity index (χ1v) is 12.0. The van der Waals surface area contributed by atoms with Crippen molar-refractivity contribution in [1.29, 1.82) is 0 Å². The minimum atomic E-state index is -4.32. The van der Waals surface area contributed by atoms with Gasteiger partial charge in [-0.25, -0.2) is 0 Å². The molecular formula is C31H25F3N2. The van der Waals surface area contributed by atoms with Crippen LogP contribution < -0.4 is 0 Å². The van der Waals surface area contributed by atoms with Gasteiger partial charge in [-0.05, 0) is 54.3 Å². The number of alkyl halides is 3. The van der Waals surface area contributed by atoms with Gasteiger partial charge in [-0.3, -0.25) is 9.97 Å². The maximum Gasteiger partial charge on any atom is 0.394 e.